The number of amides is 2. The van der Waals surface area contributed by atoms with Gasteiger partial charge in [0.1, 0.15) is 23.1 Å². The maximum absolute atomic E-state index is 12.5. The zero-order valence-corrected chi connectivity index (χ0v) is 20.2. The molecule has 0 aromatic heterocycles. The summed E-state index contributed by atoms with van der Waals surface area (Å²) in [4.78, 5) is 24.6. The molecule has 3 aromatic rings. The monoisotopic (exact) mass is 519 g/mol. The van der Waals surface area contributed by atoms with Crippen LogP contribution < -0.4 is 20.1 Å². The Morgan fingerprint density at radius 2 is 1.65 bits per heavy atom. The van der Waals surface area contributed by atoms with Crippen molar-refractivity contribution in [2.45, 2.75) is 6.92 Å². The van der Waals surface area contributed by atoms with Crippen molar-refractivity contribution in [3.05, 3.63) is 87.9 Å². The van der Waals surface area contributed by atoms with Gasteiger partial charge in [-0.15, -0.1) is 0 Å². The summed E-state index contributed by atoms with van der Waals surface area (Å²) in [7, 11) is 1.57. The normalized spacial score (nSPS) is 10.7. The quantitative estimate of drug-likeness (QED) is 0.309. The van der Waals surface area contributed by atoms with E-state index in [1.165, 1.54) is 6.08 Å². The third-order valence-electron chi connectivity index (χ3n) is 4.67. The first-order chi connectivity index (χ1) is 16.4. The van der Waals surface area contributed by atoms with Crippen LogP contribution in [0.3, 0.4) is 0 Å². The molecule has 0 aliphatic carbocycles. The van der Waals surface area contributed by atoms with Crippen LogP contribution in [-0.4, -0.2) is 25.5 Å². The van der Waals surface area contributed by atoms with Crippen molar-refractivity contribution >= 4 is 45.2 Å². The average Bonchev–Trinajstić information content (AvgIpc) is 2.83. The smallest absolute Gasteiger partial charge is 0.266 e. The van der Waals surface area contributed by atoms with Crippen LogP contribution >= 0.6 is 15.9 Å². The molecule has 3 rings (SSSR count). The number of ether oxygens (including phenoxy) is 2. The summed E-state index contributed by atoms with van der Waals surface area (Å²) in [5, 5.41) is 14.9. The largest absolute Gasteiger partial charge is 0.497 e. The Bertz CT molecular complexity index is 1250. The second-order valence-corrected chi connectivity index (χ2v) is 8.10. The van der Waals surface area contributed by atoms with Gasteiger partial charge >= 0.3 is 0 Å². The van der Waals surface area contributed by atoms with Gasteiger partial charge in [-0.2, -0.15) is 5.26 Å². The fourth-order valence-corrected chi connectivity index (χ4v) is 3.40. The average molecular weight is 520 g/mol. The third-order valence-corrected chi connectivity index (χ3v) is 5.29. The van der Waals surface area contributed by atoms with E-state index >= 15 is 0 Å². The molecule has 34 heavy (non-hydrogen) atoms. The molecule has 0 fully saturated rings. The van der Waals surface area contributed by atoms with E-state index in [1.807, 2.05) is 25.1 Å². The Hall–Kier alpha value is -4.09. The van der Waals surface area contributed by atoms with Gasteiger partial charge in [0.25, 0.3) is 11.8 Å². The molecule has 0 heterocycles. The second kappa shape index (κ2) is 11.7. The van der Waals surface area contributed by atoms with Crippen molar-refractivity contribution < 1.29 is 19.1 Å². The van der Waals surface area contributed by atoms with Gasteiger partial charge in [-0.1, -0.05) is 23.8 Å². The molecule has 2 amide bonds. The highest BCUT2D eigenvalue weighted by Gasteiger charge is 2.11. The van der Waals surface area contributed by atoms with Crippen molar-refractivity contribution in [1.82, 2.24) is 0 Å². The molecule has 8 heteroatoms. The minimum atomic E-state index is -0.502. The third kappa shape index (κ3) is 6.95. The van der Waals surface area contributed by atoms with Gasteiger partial charge in [0.05, 0.1) is 11.6 Å². The first kappa shape index (κ1) is 24.6. The Labute approximate surface area is 206 Å². The predicted molar refractivity (Wildman–Crippen MR) is 135 cm³/mol. The van der Waals surface area contributed by atoms with Crippen LogP contribution in [0.2, 0.25) is 0 Å². The molecular weight excluding hydrogens is 498 g/mol. The number of halogens is 1. The van der Waals surface area contributed by atoms with Crippen LogP contribution in [0.25, 0.3) is 6.08 Å². The van der Waals surface area contributed by atoms with Gasteiger partial charge in [0.15, 0.2) is 6.61 Å². The number of rotatable bonds is 8. The summed E-state index contributed by atoms with van der Waals surface area (Å²) in [6.45, 7) is 1.76. The number of nitrogens with one attached hydrogen (secondary N) is 2. The molecule has 0 aliphatic rings. The summed E-state index contributed by atoms with van der Waals surface area (Å²) < 4.78 is 11.3. The fraction of sp³-hybridized carbons (Fsp3) is 0.115. The molecule has 0 bridgehead atoms. The Balaban J connectivity index is 1.60. The molecule has 172 valence electrons. The topological polar surface area (TPSA) is 100 Å². The van der Waals surface area contributed by atoms with Crippen molar-refractivity contribution in [3.63, 3.8) is 0 Å². The number of hydrogen-bond acceptors (Lipinski definition) is 5. The summed E-state index contributed by atoms with van der Waals surface area (Å²) in [6.07, 6.45) is 1.48. The number of methoxy groups -OCH3 is 1. The number of aryl methyl sites for hydroxylation is 1. The van der Waals surface area contributed by atoms with Crippen LogP contribution in [-0.2, 0) is 9.59 Å². The van der Waals surface area contributed by atoms with E-state index in [0.29, 0.717) is 32.9 Å². The van der Waals surface area contributed by atoms with Gasteiger partial charge in [-0.05, 0) is 83.0 Å². The Morgan fingerprint density at radius 3 is 2.26 bits per heavy atom. The molecule has 0 radical (unpaired) electrons. The predicted octanol–water partition coefficient (Wildman–Crippen LogP) is 5.33. The molecule has 0 unspecified atom stereocenters. The maximum Gasteiger partial charge on any atom is 0.266 e. The summed E-state index contributed by atoms with van der Waals surface area (Å²) >= 11 is 3.41. The second-order valence-electron chi connectivity index (χ2n) is 7.25. The van der Waals surface area contributed by atoms with Gasteiger partial charge in [-0.3, -0.25) is 9.59 Å². The molecule has 0 atom stereocenters. The molecule has 0 saturated carbocycles. The van der Waals surface area contributed by atoms with Gasteiger partial charge < -0.3 is 20.1 Å². The van der Waals surface area contributed by atoms with Crippen LogP contribution in [0, 0.1) is 18.3 Å². The highest BCUT2D eigenvalue weighted by atomic mass is 79.9. The first-order valence-corrected chi connectivity index (χ1v) is 11.0. The zero-order chi connectivity index (χ0) is 24.5. The minimum absolute atomic E-state index is 0.0417. The molecule has 2 N–H and O–H groups in total. The molecule has 0 spiro atoms. The number of hydrogen-bond donors (Lipinski definition) is 2. The lowest BCUT2D eigenvalue weighted by atomic mass is 10.1. The Kier molecular flexibility index (Phi) is 8.43. The van der Waals surface area contributed by atoms with Gasteiger partial charge in [-0.25, -0.2) is 0 Å². The molecular formula is C26H22BrN3O4. The zero-order valence-electron chi connectivity index (χ0n) is 18.6. The van der Waals surface area contributed by atoms with Gasteiger partial charge in [0, 0.05) is 11.4 Å². The van der Waals surface area contributed by atoms with Crippen molar-refractivity contribution in [1.29, 1.82) is 5.26 Å². The summed E-state index contributed by atoms with van der Waals surface area (Å²) in [5.74, 6) is 0.322. The van der Waals surface area contributed by atoms with Crippen LogP contribution in [0.5, 0.6) is 11.5 Å². The fourth-order valence-electron chi connectivity index (χ4n) is 2.89. The van der Waals surface area contributed by atoms with Crippen LogP contribution in [0.15, 0.2) is 76.8 Å². The minimum Gasteiger partial charge on any atom is -0.497 e. The number of nitrogens with zero attached hydrogens (tertiary/aromatic N) is 1. The lowest BCUT2D eigenvalue weighted by molar-refractivity contribution is -0.118. The first-order valence-electron chi connectivity index (χ1n) is 10.2. The molecule has 0 saturated heterocycles. The number of carbonyl (C=O) groups excluding carboxylic acids is 2. The number of anilines is 2. The Morgan fingerprint density at radius 1 is 1.00 bits per heavy atom. The SMILES string of the molecule is COc1ccc(NC(=O)COc2ccc(/C=C(/C#N)C(=O)Nc3ccc(C)cc3)cc2Br)cc1. The van der Waals surface area contributed by atoms with E-state index in [9.17, 15) is 14.9 Å². The van der Waals surface area contributed by atoms with Crippen molar-refractivity contribution in [2.75, 3.05) is 24.4 Å². The highest BCUT2D eigenvalue weighted by molar-refractivity contribution is 9.10. The standard InChI is InChI=1S/C26H22BrN3O4/c1-17-3-6-21(7-4-17)30-26(32)19(15-28)13-18-5-12-24(23(27)14-18)34-16-25(31)29-20-8-10-22(33-2)11-9-20/h3-14H,16H2,1-2H3,(H,29,31)(H,30,32)/b19-13-. The van der Waals surface area contributed by atoms with Crippen molar-refractivity contribution in [3.8, 4) is 17.6 Å². The number of benzene rings is 3. The maximum atomic E-state index is 12.5. The van der Waals surface area contributed by atoms with Crippen molar-refractivity contribution in [2.24, 2.45) is 0 Å². The molecule has 7 nitrogen and oxygen atoms in total. The highest BCUT2D eigenvalue weighted by Crippen LogP contribution is 2.27. The van der Waals surface area contributed by atoms with Crippen LogP contribution in [0.4, 0.5) is 11.4 Å². The number of nitriles is 1. The summed E-state index contributed by atoms with van der Waals surface area (Å²) in [5.41, 5.74) is 2.88. The van der Waals surface area contributed by atoms with E-state index in [-0.39, 0.29) is 18.1 Å². The molecule has 0 aliphatic heterocycles. The van der Waals surface area contributed by atoms with E-state index in [1.54, 1.807) is 61.7 Å². The lowest BCUT2D eigenvalue weighted by Gasteiger charge is -2.10. The van der Waals surface area contributed by atoms with Crippen LogP contribution in [0.1, 0.15) is 11.1 Å². The lowest BCUT2D eigenvalue weighted by Crippen LogP contribution is -2.20. The molecule has 3 aromatic carbocycles. The van der Waals surface area contributed by atoms with E-state index < -0.39 is 5.91 Å². The van der Waals surface area contributed by atoms with E-state index in [2.05, 4.69) is 26.6 Å². The van der Waals surface area contributed by atoms with Gasteiger partial charge in [0.2, 0.25) is 0 Å². The summed E-state index contributed by atoms with van der Waals surface area (Å²) in [6, 6.07) is 21.2. The van der Waals surface area contributed by atoms with E-state index in [4.69, 9.17) is 9.47 Å². The number of carbonyl (C=O) groups is 2. The van der Waals surface area contributed by atoms with E-state index in [0.717, 1.165) is 5.56 Å².